The maximum Gasteiger partial charge on any atom is 0.0987 e. The fourth-order valence-electron chi connectivity index (χ4n) is 1.71. The van der Waals surface area contributed by atoms with Crippen LogP contribution in [0.15, 0.2) is 40.3 Å². The lowest BCUT2D eigenvalue weighted by Gasteiger charge is -2.10. The molecule has 0 unspecified atom stereocenters. The average Bonchev–Trinajstić information content (AvgIpc) is 2.58. The monoisotopic (exact) mass is 248 g/mol. The van der Waals surface area contributed by atoms with Crippen molar-refractivity contribution in [2.75, 3.05) is 0 Å². The summed E-state index contributed by atoms with van der Waals surface area (Å²) < 4.78 is 1.86. The first-order chi connectivity index (χ1) is 8.08. The van der Waals surface area contributed by atoms with Crippen molar-refractivity contribution in [2.24, 2.45) is 7.05 Å². The van der Waals surface area contributed by atoms with E-state index in [-0.39, 0.29) is 0 Å². The van der Waals surface area contributed by atoms with Crippen LogP contribution in [-0.4, -0.2) is 14.9 Å². The number of hydrogen-bond donors (Lipinski definition) is 1. The highest BCUT2D eigenvalue weighted by Crippen LogP contribution is 2.33. The molecule has 17 heavy (non-hydrogen) atoms. The topological polar surface area (TPSA) is 38.0 Å². The Morgan fingerprint density at radius 1 is 1.35 bits per heavy atom. The molecular formula is C13H16N2OS. The van der Waals surface area contributed by atoms with Crippen molar-refractivity contribution in [3.05, 3.63) is 41.6 Å². The summed E-state index contributed by atoms with van der Waals surface area (Å²) in [7, 11) is 1.93. The Balaban J connectivity index is 2.33. The van der Waals surface area contributed by atoms with Gasteiger partial charge in [-0.15, -0.1) is 0 Å². The quantitative estimate of drug-likeness (QED) is 0.907. The Morgan fingerprint density at radius 2 is 2.06 bits per heavy atom. The second-order valence-corrected chi connectivity index (χ2v) is 5.13. The predicted molar refractivity (Wildman–Crippen MR) is 69.1 cm³/mol. The smallest absolute Gasteiger partial charge is 0.0987 e. The van der Waals surface area contributed by atoms with Crippen molar-refractivity contribution >= 4 is 11.8 Å². The fourth-order valence-corrected chi connectivity index (χ4v) is 2.84. The third kappa shape index (κ3) is 2.70. The summed E-state index contributed by atoms with van der Waals surface area (Å²) in [5.74, 6) is 0. The van der Waals surface area contributed by atoms with Gasteiger partial charge in [-0.25, -0.2) is 0 Å². The molecule has 0 bridgehead atoms. The van der Waals surface area contributed by atoms with Gasteiger partial charge in [-0.1, -0.05) is 30.0 Å². The number of rotatable bonds is 3. The second kappa shape index (κ2) is 4.94. The number of aliphatic hydroxyl groups is 1. The van der Waals surface area contributed by atoms with E-state index in [1.807, 2.05) is 49.0 Å². The second-order valence-electron chi connectivity index (χ2n) is 4.06. The highest BCUT2D eigenvalue weighted by Gasteiger charge is 2.10. The lowest BCUT2D eigenvalue weighted by atomic mass is 10.1. The van der Waals surface area contributed by atoms with Crippen LogP contribution in [0.25, 0.3) is 0 Å². The molecule has 1 aromatic carbocycles. The minimum absolute atomic E-state index is 0.451. The van der Waals surface area contributed by atoms with E-state index >= 15 is 0 Å². The van der Waals surface area contributed by atoms with Crippen LogP contribution in [0, 0.1) is 6.92 Å². The van der Waals surface area contributed by atoms with E-state index in [1.165, 1.54) is 0 Å². The molecule has 0 amide bonds. The summed E-state index contributed by atoms with van der Waals surface area (Å²) in [5, 5.41) is 15.1. The SMILES string of the molecule is Cc1cc(Sc2ccccc2[C@H](C)O)n(C)n1. The Hall–Kier alpha value is -1.26. The van der Waals surface area contributed by atoms with Gasteiger partial charge in [0.1, 0.15) is 0 Å². The van der Waals surface area contributed by atoms with Crippen LogP contribution in [0.5, 0.6) is 0 Å². The molecule has 0 aliphatic heterocycles. The molecule has 0 aliphatic carbocycles. The van der Waals surface area contributed by atoms with E-state index in [2.05, 4.69) is 5.10 Å². The molecule has 1 atom stereocenters. The van der Waals surface area contributed by atoms with Gasteiger partial charge in [-0.05, 0) is 31.5 Å². The molecule has 1 N–H and O–H groups in total. The van der Waals surface area contributed by atoms with Crippen LogP contribution >= 0.6 is 11.8 Å². The Bertz CT molecular complexity index is 520. The number of nitrogens with zero attached hydrogens (tertiary/aromatic N) is 2. The van der Waals surface area contributed by atoms with E-state index in [1.54, 1.807) is 18.7 Å². The molecule has 0 saturated heterocycles. The third-order valence-electron chi connectivity index (χ3n) is 2.54. The van der Waals surface area contributed by atoms with Crippen molar-refractivity contribution in [2.45, 2.75) is 29.9 Å². The molecule has 2 rings (SSSR count). The van der Waals surface area contributed by atoms with Gasteiger partial charge in [0.25, 0.3) is 0 Å². The zero-order chi connectivity index (χ0) is 12.4. The molecule has 1 aromatic heterocycles. The van der Waals surface area contributed by atoms with Crippen molar-refractivity contribution < 1.29 is 5.11 Å². The van der Waals surface area contributed by atoms with Crippen LogP contribution < -0.4 is 0 Å². The van der Waals surface area contributed by atoms with Gasteiger partial charge >= 0.3 is 0 Å². The van der Waals surface area contributed by atoms with Crippen molar-refractivity contribution in [3.63, 3.8) is 0 Å². The number of aliphatic hydroxyl groups excluding tert-OH is 1. The molecular weight excluding hydrogens is 232 g/mol. The fraction of sp³-hybridized carbons (Fsp3) is 0.308. The van der Waals surface area contributed by atoms with E-state index in [0.29, 0.717) is 0 Å². The van der Waals surface area contributed by atoms with Gasteiger partial charge < -0.3 is 5.11 Å². The molecule has 90 valence electrons. The van der Waals surface area contributed by atoms with E-state index < -0.39 is 6.10 Å². The lowest BCUT2D eigenvalue weighted by molar-refractivity contribution is 0.196. The first-order valence-corrected chi connectivity index (χ1v) is 6.35. The molecule has 0 aliphatic rings. The number of hydrogen-bond acceptors (Lipinski definition) is 3. The van der Waals surface area contributed by atoms with Crippen LogP contribution in [-0.2, 0) is 7.05 Å². The van der Waals surface area contributed by atoms with Gasteiger partial charge in [0.05, 0.1) is 16.8 Å². The van der Waals surface area contributed by atoms with Crippen molar-refractivity contribution in [1.82, 2.24) is 9.78 Å². The van der Waals surface area contributed by atoms with E-state index in [0.717, 1.165) is 21.2 Å². The van der Waals surface area contributed by atoms with Crippen molar-refractivity contribution in [3.8, 4) is 0 Å². The minimum atomic E-state index is -0.451. The Morgan fingerprint density at radius 3 is 2.65 bits per heavy atom. The zero-order valence-electron chi connectivity index (χ0n) is 10.2. The van der Waals surface area contributed by atoms with Gasteiger partial charge in [0.15, 0.2) is 0 Å². The molecule has 0 fully saturated rings. The first-order valence-electron chi connectivity index (χ1n) is 5.53. The third-order valence-corrected chi connectivity index (χ3v) is 3.73. The predicted octanol–water partition coefficient (Wildman–Crippen LogP) is 2.93. The van der Waals surface area contributed by atoms with Crippen molar-refractivity contribution in [1.29, 1.82) is 0 Å². The van der Waals surface area contributed by atoms with Gasteiger partial charge in [-0.2, -0.15) is 5.10 Å². The van der Waals surface area contributed by atoms with Gasteiger partial charge in [-0.3, -0.25) is 4.68 Å². The number of aromatic nitrogens is 2. The summed E-state index contributed by atoms with van der Waals surface area (Å²) in [4.78, 5) is 1.07. The Labute approximate surface area is 105 Å². The van der Waals surface area contributed by atoms with Crippen LogP contribution in [0.3, 0.4) is 0 Å². The van der Waals surface area contributed by atoms with Crippen LogP contribution in [0.4, 0.5) is 0 Å². The molecule has 2 aromatic rings. The normalized spacial score (nSPS) is 12.7. The summed E-state index contributed by atoms with van der Waals surface area (Å²) in [6, 6.07) is 9.95. The molecule has 0 spiro atoms. The molecule has 3 nitrogen and oxygen atoms in total. The maximum absolute atomic E-state index is 9.72. The molecule has 1 heterocycles. The number of benzene rings is 1. The van der Waals surface area contributed by atoms with E-state index in [4.69, 9.17) is 0 Å². The van der Waals surface area contributed by atoms with Crippen LogP contribution in [0.1, 0.15) is 24.3 Å². The average molecular weight is 248 g/mol. The Kier molecular flexibility index (Phi) is 3.54. The molecule has 4 heteroatoms. The largest absolute Gasteiger partial charge is 0.389 e. The number of aryl methyl sites for hydroxylation is 2. The highest BCUT2D eigenvalue weighted by molar-refractivity contribution is 7.99. The molecule has 0 saturated carbocycles. The summed E-state index contributed by atoms with van der Waals surface area (Å²) in [5.41, 5.74) is 1.96. The highest BCUT2D eigenvalue weighted by atomic mass is 32.2. The summed E-state index contributed by atoms with van der Waals surface area (Å²) in [6.07, 6.45) is -0.451. The summed E-state index contributed by atoms with van der Waals surface area (Å²) >= 11 is 1.63. The van der Waals surface area contributed by atoms with Gasteiger partial charge in [0, 0.05) is 11.9 Å². The lowest BCUT2D eigenvalue weighted by Crippen LogP contribution is -1.96. The van der Waals surface area contributed by atoms with Gasteiger partial charge in [0.2, 0.25) is 0 Å². The summed E-state index contributed by atoms with van der Waals surface area (Å²) in [6.45, 7) is 3.76. The maximum atomic E-state index is 9.72. The first kappa shape index (κ1) is 12.2. The molecule has 0 radical (unpaired) electrons. The minimum Gasteiger partial charge on any atom is -0.389 e. The standard InChI is InChI=1S/C13H16N2OS/c1-9-8-13(15(3)14-9)17-12-7-5-4-6-11(12)10(2)16/h4-8,10,16H,1-3H3/t10-/m0/s1. The zero-order valence-corrected chi connectivity index (χ0v) is 11.0. The van der Waals surface area contributed by atoms with E-state index in [9.17, 15) is 5.11 Å². The van der Waals surface area contributed by atoms with Crippen LogP contribution in [0.2, 0.25) is 0 Å².